The van der Waals surface area contributed by atoms with Crippen LogP contribution in [0.1, 0.15) is 12.5 Å². The van der Waals surface area contributed by atoms with E-state index in [4.69, 9.17) is 33.2 Å². The topological polar surface area (TPSA) is 99.2 Å². The number of nitrogen functional groups attached to an aromatic ring is 2. The van der Waals surface area contributed by atoms with Gasteiger partial charge in [0.05, 0.1) is 13.2 Å². The van der Waals surface area contributed by atoms with Crippen molar-refractivity contribution in [1.29, 1.82) is 0 Å². The predicted octanol–water partition coefficient (Wildman–Crippen LogP) is 0.609. The first-order valence-electron chi connectivity index (χ1n) is 4.92. The number of hydrogen-bond donors (Lipinski definition) is 3. The van der Waals surface area contributed by atoms with Crippen LogP contribution in [0.5, 0.6) is 0 Å². The van der Waals surface area contributed by atoms with Crippen LogP contribution >= 0.6 is 12.2 Å². The lowest BCUT2D eigenvalue weighted by molar-refractivity contribution is -0.140. The average molecular weight is 242 g/mol. The Morgan fingerprint density at radius 2 is 2.06 bits per heavy atom. The van der Waals surface area contributed by atoms with Gasteiger partial charge in [-0.15, -0.1) is 0 Å². The van der Waals surface area contributed by atoms with Gasteiger partial charge >= 0.3 is 0 Å². The SMILES string of the molecule is CC1(Cc2c(N)nc(=S)[nH]c2N)OCCO1. The molecule has 1 saturated heterocycles. The average Bonchev–Trinajstić information content (AvgIpc) is 2.59. The van der Waals surface area contributed by atoms with E-state index in [9.17, 15) is 0 Å². The summed E-state index contributed by atoms with van der Waals surface area (Å²) < 4.78 is 11.2. The van der Waals surface area contributed by atoms with Crippen LogP contribution in [0, 0.1) is 4.77 Å². The van der Waals surface area contributed by atoms with Crippen molar-refractivity contribution in [3.8, 4) is 0 Å². The molecule has 2 rings (SSSR count). The van der Waals surface area contributed by atoms with E-state index in [1.807, 2.05) is 6.92 Å². The number of H-pyrrole nitrogens is 1. The molecule has 16 heavy (non-hydrogen) atoms. The number of aromatic amines is 1. The van der Waals surface area contributed by atoms with Crippen LogP contribution in [0.15, 0.2) is 0 Å². The summed E-state index contributed by atoms with van der Waals surface area (Å²) in [6, 6.07) is 0. The number of rotatable bonds is 2. The summed E-state index contributed by atoms with van der Waals surface area (Å²) >= 11 is 4.87. The Labute approximate surface area is 98.0 Å². The maximum absolute atomic E-state index is 5.81. The fourth-order valence-electron chi connectivity index (χ4n) is 1.70. The summed E-state index contributed by atoms with van der Waals surface area (Å²) in [6.07, 6.45) is 0.448. The molecule has 1 aromatic heterocycles. The van der Waals surface area contributed by atoms with Crippen LogP contribution in [-0.2, 0) is 15.9 Å². The fourth-order valence-corrected chi connectivity index (χ4v) is 1.91. The highest BCUT2D eigenvalue weighted by Crippen LogP contribution is 2.27. The van der Waals surface area contributed by atoms with Gasteiger partial charge in [-0.05, 0) is 19.1 Å². The van der Waals surface area contributed by atoms with E-state index in [2.05, 4.69) is 9.97 Å². The molecule has 0 amide bonds. The normalized spacial score (nSPS) is 18.8. The number of nitrogens with zero attached hydrogens (tertiary/aromatic N) is 1. The Bertz CT molecular complexity index is 427. The molecule has 0 aliphatic carbocycles. The molecule has 0 unspecified atom stereocenters. The Balaban J connectivity index is 2.31. The number of anilines is 2. The van der Waals surface area contributed by atoms with Crippen LogP contribution in [0.4, 0.5) is 11.6 Å². The largest absolute Gasteiger partial charge is 0.385 e. The maximum atomic E-state index is 5.81. The van der Waals surface area contributed by atoms with Crippen molar-refractivity contribution in [3.63, 3.8) is 0 Å². The van der Waals surface area contributed by atoms with E-state index in [1.165, 1.54) is 0 Å². The van der Waals surface area contributed by atoms with Crippen molar-refractivity contribution < 1.29 is 9.47 Å². The quantitative estimate of drug-likeness (QED) is 0.657. The minimum Gasteiger partial charge on any atom is -0.385 e. The van der Waals surface area contributed by atoms with E-state index in [1.54, 1.807) is 0 Å². The molecular formula is C9H14N4O2S. The number of hydrogen-bond acceptors (Lipinski definition) is 6. The van der Waals surface area contributed by atoms with Gasteiger partial charge in [0.15, 0.2) is 10.6 Å². The molecule has 88 valence electrons. The Morgan fingerprint density at radius 1 is 1.44 bits per heavy atom. The summed E-state index contributed by atoms with van der Waals surface area (Å²) in [7, 11) is 0. The van der Waals surface area contributed by atoms with Crippen molar-refractivity contribution in [3.05, 3.63) is 10.3 Å². The van der Waals surface area contributed by atoms with Gasteiger partial charge in [-0.25, -0.2) is 4.98 Å². The molecule has 6 nitrogen and oxygen atoms in total. The molecule has 1 aliphatic heterocycles. The van der Waals surface area contributed by atoms with Crippen LogP contribution in [0.2, 0.25) is 0 Å². The van der Waals surface area contributed by atoms with Gasteiger partial charge in [0.1, 0.15) is 11.6 Å². The first-order valence-corrected chi connectivity index (χ1v) is 5.33. The first-order chi connectivity index (χ1) is 7.50. The van der Waals surface area contributed by atoms with Crippen molar-refractivity contribution in [2.45, 2.75) is 19.1 Å². The zero-order valence-electron chi connectivity index (χ0n) is 8.95. The second kappa shape index (κ2) is 4.00. The maximum Gasteiger partial charge on any atom is 0.200 e. The van der Waals surface area contributed by atoms with Crippen LogP contribution < -0.4 is 11.5 Å². The second-order valence-electron chi connectivity index (χ2n) is 3.83. The molecule has 1 fully saturated rings. The molecule has 0 spiro atoms. The van der Waals surface area contributed by atoms with Crippen molar-refractivity contribution >= 4 is 23.9 Å². The smallest absolute Gasteiger partial charge is 0.200 e. The Morgan fingerprint density at radius 3 is 2.62 bits per heavy atom. The summed E-state index contributed by atoms with van der Waals surface area (Å²) in [6.45, 7) is 3.00. The zero-order valence-corrected chi connectivity index (χ0v) is 9.76. The van der Waals surface area contributed by atoms with E-state index in [0.29, 0.717) is 36.8 Å². The van der Waals surface area contributed by atoms with Crippen molar-refractivity contribution in [2.75, 3.05) is 24.7 Å². The molecule has 5 N–H and O–H groups in total. The highest BCUT2D eigenvalue weighted by Gasteiger charge is 2.32. The molecular weight excluding hydrogens is 228 g/mol. The summed E-state index contributed by atoms with van der Waals surface area (Å²) in [4.78, 5) is 6.71. The minimum absolute atomic E-state index is 0.275. The summed E-state index contributed by atoms with van der Waals surface area (Å²) in [5, 5.41) is 0. The van der Waals surface area contributed by atoms with Gasteiger partial charge in [-0.2, -0.15) is 0 Å². The van der Waals surface area contributed by atoms with Gasteiger partial charge in [0, 0.05) is 12.0 Å². The monoisotopic (exact) mass is 242 g/mol. The van der Waals surface area contributed by atoms with E-state index in [-0.39, 0.29) is 4.77 Å². The third-order valence-corrected chi connectivity index (χ3v) is 2.69. The van der Waals surface area contributed by atoms with E-state index >= 15 is 0 Å². The van der Waals surface area contributed by atoms with Gasteiger partial charge in [0.2, 0.25) is 0 Å². The van der Waals surface area contributed by atoms with Crippen molar-refractivity contribution in [2.24, 2.45) is 0 Å². The molecule has 0 atom stereocenters. The van der Waals surface area contributed by atoms with Crippen LogP contribution in [0.3, 0.4) is 0 Å². The number of nitrogens with one attached hydrogen (secondary N) is 1. The molecule has 0 bridgehead atoms. The number of ether oxygens (including phenoxy) is 2. The van der Waals surface area contributed by atoms with Gasteiger partial charge < -0.3 is 25.9 Å². The highest BCUT2D eigenvalue weighted by molar-refractivity contribution is 7.71. The minimum atomic E-state index is -0.680. The lowest BCUT2D eigenvalue weighted by Crippen LogP contribution is -2.29. The Kier molecular flexibility index (Phi) is 2.83. The molecule has 0 aromatic carbocycles. The second-order valence-corrected chi connectivity index (χ2v) is 4.21. The summed E-state index contributed by atoms with van der Waals surface area (Å²) in [5.74, 6) is 0.0557. The van der Waals surface area contributed by atoms with Gasteiger partial charge in [-0.3, -0.25) is 0 Å². The van der Waals surface area contributed by atoms with Gasteiger partial charge in [0.25, 0.3) is 0 Å². The number of nitrogens with two attached hydrogens (primary N) is 2. The molecule has 1 aliphatic rings. The first kappa shape index (κ1) is 11.3. The number of aromatic nitrogens is 2. The predicted molar refractivity (Wildman–Crippen MR) is 62.3 cm³/mol. The lowest BCUT2D eigenvalue weighted by Gasteiger charge is -2.23. The molecule has 0 saturated carbocycles. The molecule has 1 aromatic rings. The summed E-state index contributed by atoms with van der Waals surface area (Å²) in [5.41, 5.74) is 12.3. The molecule has 0 radical (unpaired) electrons. The fraction of sp³-hybridized carbons (Fsp3) is 0.556. The third kappa shape index (κ3) is 2.16. The highest BCUT2D eigenvalue weighted by atomic mass is 32.1. The molecule has 2 heterocycles. The molecule has 7 heteroatoms. The van der Waals surface area contributed by atoms with Crippen molar-refractivity contribution in [1.82, 2.24) is 9.97 Å². The van der Waals surface area contributed by atoms with Gasteiger partial charge in [-0.1, -0.05) is 0 Å². The Hall–Kier alpha value is -1.18. The zero-order chi connectivity index (χ0) is 11.8. The third-order valence-electron chi connectivity index (χ3n) is 2.49. The van der Waals surface area contributed by atoms with Crippen LogP contribution in [-0.4, -0.2) is 29.0 Å². The van der Waals surface area contributed by atoms with E-state index in [0.717, 1.165) is 0 Å². The standard InChI is InChI=1S/C9H14N4O2S/c1-9(14-2-3-15-9)4-5-6(10)12-8(16)13-7(5)11/h2-4H2,1H3,(H5,10,11,12,13,16). The van der Waals surface area contributed by atoms with Crippen LogP contribution in [0.25, 0.3) is 0 Å². The van der Waals surface area contributed by atoms with E-state index < -0.39 is 5.79 Å². The lowest BCUT2D eigenvalue weighted by atomic mass is 10.1.